The van der Waals surface area contributed by atoms with Gasteiger partial charge >= 0.3 is 0 Å². The molecule has 1 aliphatic rings. The van der Waals surface area contributed by atoms with Crippen molar-refractivity contribution in [2.24, 2.45) is 0 Å². The van der Waals surface area contributed by atoms with Crippen LogP contribution in [-0.2, 0) is 11.2 Å². The van der Waals surface area contributed by atoms with Crippen molar-refractivity contribution < 1.29 is 9.13 Å². The van der Waals surface area contributed by atoms with Crippen molar-refractivity contribution in [1.29, 1.82) is 0 Å². The van der Waals surface area contributed by atoms with Gasteiger partial charge in [0.25, 0.3) is 0 Å². The minimum atomic E-state index is -0.287. The first-order valence-electron chi connectivity index (χ1n) is 7.48. The van der Waals surface area contributed by atoms with E-state index in [1.807, 2.05) is 12.1 Å². The van der Waals surface area contributed by atoms with E-state index in [0.717, 1.165) is 38.8 Å². The Bertz CT molecular complexity index is 421. The van der Waals surface area contributed by atoms with Gasteiger partial charge in [0.15, 0.2) is 0 Å². The summed E-state index contributed by atoms with van der Waals surface area (Å²) >= 11 is 5.85. The topological polar surface area (TPSA) is 21.3 Å². The van der Waals surface area contributed by atoms with Crippen LogP contribution in [0.2, 0.25) is 5.02 Å². The zero-order valence-electron chi connectivity index (χ0n) is 12.0. The highest BCUT2D eigenvalue weighted by Crippen LogP contribution is 2.22. The molecule has 1 aromatic carbocycles. The zero-order valence-corrected chi connectivity index (χ0v) is 12.8. The molecule has 1 N–H and O–H groups in total. The third kappa shape index (κ3) is 4.44. The SMILES string of the molecule is CCCNC(Cc1cccc(Cl)c1F)CC1CCCO1. The summed E-state index contributed by atoms with van der Waals surface area (Å²) in [6.45, 7) is 3.94. The number of halogens is 2. The Balaban J connectivity index is 1.99. The lowest BCUT2D eigenvalue weighted by atomic mass is 9.99. The molecule has 1 saturated heterocycles. The fourth-order valence-corrected chi connectivity index (χ4v) is 2.90. The van der Waals surface area contributed by atoms with Gasteiger partial charge in [-0.3, -0.25) is 0 Å². The van der Waals surface area contributed by atoms with Crippen molar-refractivity contribution in [2.45, 2.75) is 51.2 Å². The van der Waals surface area contributed by atoms with Gasteiger partial charge in [-0.05, 0) is 50.3 Å². The van der Waals surface area contributed by atoms with Crippen LogP contribution >= 0.6 is 11.6 Å². The molecule has 0 spiro atoms. The lowest BCUT2D eigenvalue weighted by molar-refractivity contribution is 0.0945. The highest BCUT2D eigenvalue weighted by Gasteiger charge is 2.21. The first-order chi connectivity index (χ1) is 9.70. The number of hydrogen-bond donors (Lipinski definition) is 1. The molecule has 1 fully saturated rings. The molecule has 2 nitrogen and oxygen atoms in total. The Hall–Kier alpha value is -0.640. The summed E-state index contributed by atoms with van der Waals surface area (Å²) < 4.78 is 19.7. The molecular weight excluding hydrogens is 277 g/mol. The number of nitrogens with one attached hydrogen (secondary N) is 1. The normalized spacial score (nSPS) is 20.2. The van der Waals surface area contributed by atoms with Crippen LogP contribution in [0.25, 0.3) is 0 Å². The molecule has 2 unspecified atom stereocenters. The number of ether oxygens (including phenoxy) is 1. The molecule has 0 amide bonds. The number of benzene rings is 1. The quantitative estimate of drug-likeness (QED) is 0.823. The molecule has 20 heavy (non-hydrogen) atoms. The highest BCUT2D eigenvalue weighted by molar-refractivity contribution is 6.30. The molecule has 0 radical (unpaired) electrons. The van der Waals surface area contributed by atoms with Crippen molar-refractivity contribution in [1.82, 2.24) is 5.32 Å². The van der Waals surface area contributed by atoms with Crippen LogP contribution in [0, 0.1) is 5.82 Å². The second kappa shape index (κ2) is 7.96. The smallest absolute Gasteiger partial charge is 0.145 e. The van der Waals surface area contributed by atoms with Gasteiger partial charge in [0.2, 0.25) is 0 Å². The van der Waals surface area contributed by atoms with Gasteiger partial charge in [-0.15, -0.1) is 0 Å². The minimum Gasteiger partial charge on any atom is -0.378 e. The van der Waals surface area contributed by atoms with Crippen LogP contribution in [0.5, 0.6) is 0 Å². The van der Waals surface area contributed by atoms with Crippen molar-refractivity contribution in [2.75, 3.05) is 13.2 Å². The molecule has 2 atom stereocenters. The number of hydrogen-bond acceptors (Lipinski definition) is 2. The second-order valence-electron chi connectivity index (χ2n) is 5.44. The van der Waals surface area contributed by atoms with Crippen LogP contribution in [0.4, 0.5) is 4.39 Å². The van der Waals surface area contributed by atoms with Gasteiger partial charge < -0.3 is 10.1 Å². The monoisotopic (exact) mass is 299 g/mol. The molecule has 112 valence electrons. The largest absolute Gasteiger partial charge is 0.378 e. The van der Waals surface area contributed by atoms with Gasteiger partial charge in [-0.2, -0.15) is 0 Å². The first-order valence-corrected chi connectivity index (χ1v) is 7.86. The maximum absolute atomic E-state index is 14.0. The van der Waals surface area contributed by atoms with Gasteiger partial charge in [0, 0.05) is 12.6 Å². The molecule has 2 rings (SSSR count). The summed E-state index contributed by atoms with van der Waals surface area (Å²) in [5.41, 5.74) is 0.684. The highest BCUT2D eigenvalue weighted by atomic mass is 35.5. The maximum Gasteiger partial charge on any atom is 0.145 e. The Morgan fingerprint density at radius 1 is 1.50 bits per heavy atom. The fourth-order valence-electron chi connectivity index (χ4n) is 2.71. The average molecular weight is 300 g/mol. The van der Waals surface area contributed by atoms with Crippen LogP contribution in [0.3, 0.4) is 0 Å². The summed E-state index contributed by atoms with van der Waals surface area (Å²) in [7, 11) is 0. The van der Waals surface area contributed by atoms with Gasteiger partial charge in [0.05, 0.1) is 11.1 Å². The predicted molar refractivity (Wildman–Crippen MR) is 80.8 cm³/mol. The molecular formula is C16H23ClFNO. The van der Waals surface area contributed by atoms with E-state index in [9.17, 15) is 4.39 Å². The van der Waals surface area contributed by atoms with Crippen LogP contribution in [-0.4, -0.2) is 25.3 Å². The van der Waals surface area contributed by atoms with Gasteiger partial charge in [-0.1, -0.05) is 30.7 Å². The standard InChI is InChI=1S/C16H23ClFNO/c1-2-8-19-13(11-14-6-4-9-20-14)10-12-5-3-7-15(17)16(12)18/h3,5,7,13-14,19H,2,4,6,8-11H2,1H3. The summed E-state index contributed by atoms with van der Waals surface area (Å²) in [6.07, 6.45) is 5.23. The van der Waals surface area contributed by atoms with Crippen molar-refractivity contribution >= 4 is 11.6 Å². The fraction of sp³-hybridized carbons (Fsp3) is 0.625. The second-order valence-corrected chi connectivity index (χ2v) is 5.85. The Morgan fingerprint density at radius 3 is 3.05 bits per heavy atom. The van der Waals surface area contributed by atoms with E-state index in [-0.39, 0.29) is 16.9 Å². The van der Waals surface area contributed by atoms with E-state index >= 15 is 0 Å². The predicted octanol–water partition coefficient (Wildman–Crippen LogP) is 3.96. The first kappa shape index (κ1) is 15.7. The summed E-state index contributed by atoms with van der Waals surface area (Å²) in [6, 6.07) is 5.46. The van der Waals surface area contributed by atoms with Gasteiger partial charge in [0.1, 0.15) is 5.82 Å². The van der Waals surface area contributed by atoms with E-state index < -0.39 is 0 Å². The van der Waals surface area contributed by atoms with Gasteiger partial charge in [-0.25, -0.2) is 4.39 Å². The third-order valence-corrected chi connectivity index (χ3v) is 4.04. The van der Waals surface area contributed by atoms with Crippen molar-refractivity contribution in [3.63, 3.8) is 0 Å². The zero-order chi connectivity index (χ0) is 14.4. The van der Waals surface area contributed by atoms with E-state index in [4.69, 9.17) is 16.3 Å². The molecule has 1 heterocycles. The van der Waals surface area contributed by atoms with E-state index in [1.165, 1.54) is 0 Å². The van der Waals surface area contributed by atoms with E-state index in [2.05, 4.69) is 12.2 Å². The van der Waals surface area contributed by atoms with Crippen LogP contribution in [0.15, 0.2) is 18.2 Å². The maximum atomic E-state index is 14.0. The number of rotatable bonds is 7. The van der Waals surface area contributed by atoms with E-state index in [1.54, 1.807) is 6.07 Å². The summed E-state index contributed by atoms with van der Waals surface area (Å²) in [5, 5.41) is 3.70. The molecule has 0 saturated carbocycles. The molecule has 1 aliphatic heterocycles. The molecule has 1 aromatic rings. The third-order valence-electron chi connectivity index (χ3n) is 3.75. The van der Waals surface area contributed by atoms with Crippen LogP contribution in [0.1, 0.15) is 38.2 Å². The Morgan fingerprint density at radius 2 is 2.35 bits per heavy atom. The van der Waals surface area contributed by atoms with E-state index in [0.29, 0.717) is 18.1 Å². The molecule has 4 heteroatoms. The van der Waals surface area contributed by atoms with Crippen molar-refractivity contribution in [3.05, 3.63) is 34.6 Å². The minimum absolute atomic E-state index is 0.203. The lowest BCUT2D eigenvalue weighted by Crippen LogP contribution is -2.35. The molecule has 0 aromatic heterocycles. The van der Waals surface area contributed by atoms with Crippen molar-refractivity contribution in [3.8, 4) is 0 Å². The molecule has 0 aliphatic carbocycles. The Labute approximate surface area is 125 Å². The summed E-state index contributed by atoms with van der Waals surface area (Å²) in [5.74, 6) is -0.287. The summed E-state index contributed by atoms with van der Waals surface area (Å²) in [4.78, 5) is 0. The molecule has 0 bridgehead atoms. The Kier molecular flexibility index (Phi) is 6.27. The average Bonchev–Trinajstić information content (AvgIpc) is 2.94. The lowest BCUT2D eigenvalue weighted by Gasteiger charge is -2.22. The van der Waals surface area contributed by atoms with Crippen LogP contribution < -0.4 is 5.32 Å².